The highest BCUT2D eigenvalue weighted by Gasteiger charge is 2.51. The van der Waals surface area contributed by atoms with Crippen LogP contribution in [0.3, 0.4) is 0 Å². The van der Waals surface area contributed by atoms with Crippen molar-refractivity contribution in [2.75, 3.05) is 0 Å². The smallest absolute Gasteiger partial charge is 0.140 e. The molecule has 0 N–H and O–H groups in total. The lowest BCUT2D eigenvalue weighted by molar-refractivity contribution is -0.133. The number of allylic oxidation sites excluding steroid dienone is 2. The second kappa shape index (κ2) is 3.72. The van der Waals surface area contributed by atoms with E-state index >= 15 is 0 Å². The summed E-state index contributed by atoms with van der Waals surface area (Å²) in [5.74, 6) is 0.958. The third-order valence-electron chi connectivity index (χ3n) is 4.96. The molecule has 0 heterocycles. The van der Waals surface area contributed by atoms with Gasteiger partial charge in [-0.25, -0.2) is 0 Å². The zero-order valence-corrected chi connectivity index (χ0v) is 11.1. The highest BCUT2D eigenvalue weighted by atomic mass is 16.1. The number of ketones is 1. The van der Waals surface area contributed by atoms with Gasteiger partial charge < -0.3 is 0 Å². The largest absolute Gasteiger partial charge is 0.299 e. The maximum atomic E-state index is 12.1. The summed E-state index contributed by atoms with van der Waals surface area (Å²) in [6.45, 7) is 8.68. The minimum Gasteiger partial charge on any atom is -0.299 e. The molecule has 1 saturated carbocycles. The quantitative estimate of drug-likeness (QED) is 0.607. The molecule has 2 atom stereocenters. The van der Waals surface area contributed by atoms with Crippen LogP contribution in [0.5, 0.6) is 0 Å². The average molecular weight is 220 g/mol. The fourth-order valence-corrected chi connectivity index (χ4v) is 4.11. The molecule has 0 radical (unpaired) electrons. The van der Waals surface area contributed by atoms with E-state index in [1.807, 2.05) is 0 Å². The van der Waals surface area contributed by atoms with E-state index in [1.54, 1.807) is 6.92 Å². The van der Waals surface area contributed by atoms with Gasteiger partial charge in [-0.1, -0.05) is 31.9 Å². The first kappa shape index (κ1) is 11.9. The van der Waals surface area contributed by atoms with Crippen LogP contribution in [0.15, 0.2) is 11.6 Å². The molecule has 0 bridgehead atoms. The van der Waals surface area contributed by atoms with Crippen LogP contribution in [0.4, 0.5) is 0 Å². The maximum absolute atomic E-state index is 12.1. The van der Waals surface area contributed by atoms with Crippen LogP contribution in [-0.4, -0.2) is 5.78 Å². The van der Waals surface area contributed by atoms with Crippen molar-refractivity contribution in [1.29, 1.82) is 0 Å². The van der Waals surface area contributed by atoms with Crippen LogP contribution in [0.1, 0.15) is 59.8 Å². The molecule has 1 heteroatoms. The van der Waals surface area contributed by atoms with Crippen molar-refractivity contribution in [1.82, 2.24) is 0 Å². The van der Waals surface area contributed by atoms with Crippen LogP contribution in [0.25, 0.3) is 0 Å². The molecule has 0 aliphatic heterocycles. The number of rotatable bonds is 1. The van der Waals surface area contributed by atoms with Crippen molar-refractivity contribution in [2.45, 2.75) is 59.8 Å². The van der Waals surface area contributed by atoms with Gasteiger partial charge in [0.2, 0.25) is 0 Å². The SMILES string of the molecule is CC(=O)[C@]12C=C(C)CC[C@H]1C(C)(C)CCC2. The molecular weight excluding hydrogens is 196 g/mol. The number of hydrogen-bond donors (Lipinski definition) is 0. The Hall–Kier alpha value is -0.590. The molecule has 0 aromatic rings. The molecule has 0 spiro atoms. The van der Waals surface area contributed by atoms with Crippen LogP contribution in [0.2, 0.25) is 0 Å². The third-order valence-corrected chi connectivity index (χ3v) is 4.96. The van der Waals surface area contributed by atoms with E-state index < -0.39 is 0 Å². The van der Waals surface area contributed by atoms with Gasteiger partial charge in [0.1, 0.15) is 5.78 Å². The fraction of sp³-hybridized carbons (Fsp3) is 0.800. The van der Waals surface area contributed by atoms with E-state index in [-0.39, 0.29) is 5.41 Å². The lowest BCUT2D eigenvalue weighted by Gasteiger charge is -2.52. The maximum Gasteiger partial charge on any atom is 0.140 e. The first-order valence-electron chi connectivity index (χ1n) is 6.58. The second-order valence-electron chi connectivity index (χ2n) is 6.52. The molecule has 1 fully saturated rings. The first-order valence-corrected chi connectivity index (χ1v) is 6.58. The Morgan fingerprint density at radius 3 is 2.69 bits per heavy atom. The minimum absolute atomic E-state index is 0.121. The summed E-state index contributed by atoms with van der Waals surface area (Å²) in [5, 5.41) is 0. The topological polar surface area (TPSA) is 17.1 Å². The molecule has 2 aliphatic rings. The highest BCUT2D eigenvalue weighted by molar-refractivity contribution is 5.85. The normalized spacial score (nSPS) is 37.5. The standard InChI is InChI=1S/C15H24O/c1-11-6-7-13-14(3,4)8-5-9-15(13,10-11)12(2)16/h10,13H,5-9H2,1-4H3/t13-,15-/m0/s1. The van der Waals surface area contributed by atoms with Gasteiger partial charge in [-0.05, 0) is 50.9 Å². The molecule has 1 nitrogen and oxygen atoms in total. The van der Waals surface area contributed by atoms with Gasteiger partial charge >= 0.3 is 0 Å². The van der Waals surface area contributed by atoms with Gasteiger partial charge in [0.15, 0.2) is 0 Å². The molecule has 0 aromatic heterocycles. The number of carbonyl (C=O) groups is 1. The zero-order chi connectivity index (χ0) is 12.0. The molecule has 0 saturated heterocycles. The van der Waals surface area contributed by atoms with Crippen molar-refractivity contribution in [3.8, 4) is 0 Å². The lowest BCUT2D eigenvalue weighted by Crippen LogP contribution is -2.48. The Labute approximate surface area is 99.3 Å². The first-order chi connectivity index (χ1) is 7.38. The van der Waals surface area contributed by atoms with E-state index in [9.17, 15) is 4.79 Å². The Morgan fingerprint density at radius 2 is 2.06 bits per heavy atom. The van der Waals surface area contributed by atoms with Crippen LogP contribution in [0, 0.1) is 16.7 Å². The van der Waals surface area contributed by atoms with E-state index in [2.05, 4.69) is 26.8 Å². The Balaban J connectivity index is 2.47. The summed E-state index contributed by atoms with van der Waals surface area (Å²) in [6, 6.07) is 0. The zero-order valence-electron chi connectivity index (χ0n) is 11.1. The highest BCUT2D eigenvalue weighted by Crippen LogP contribution is 2.56. The predicted octanol–water partition coefficient (Wildman–Crippen LogP) is 4.13. The van der Waals surface area contributed by atoms with Crippen molar-refractivity contribution < 1.29 is 4.79 Å². The van der Waals surface area contributed by atoms with E-state index in [4.69, 9.17) is 0 Å². The predicted molar refractivity (Wildman–Crippen MR) is 67.2 cm³/mol. The Kier molecular flexibility index (Phi) is 2.76. The van der Waals surface area contributed by atoms with Gasteiger partial charge in [-0.2, -0.15) is 0 Å². The lowest BCUT2D eigenvalue weighted by atomic mass is 9.51. The van der Waals surface area contributed by atoms with Gasteiger partial charge in [0, 0.05) is 0 Å². The van der Waals surface area contributed by atoms with Crippen molar-refractivity contribution in [3.05, 3.63) is 11.6 Å². The van der Waals surface area contributed by atoms with Gasteiger partial charge in [-0.15, -0.1) is 0 Å². The summed E-state index contributed by atoms with van der Waals surface area (Å²) in [6.07, 6.45) is 8.25. The van der Waals surface area contributed by atoms with E-state index in [0.29, 0.717) is 17.1 Å². The summed E-state index contributed by atoms with van der Waals surface area (Å²) in [4.78, 5) is 12.1. The number of fused-ring (bicyclic) bond motifs is 1. The van der Waals surface area contributed by atoms with E-state index in [1.165, 1.54) is 31.3 Å². The molecule has 2 rings (SSSR count). The fourth-order valence-electron chi connectivity index (χ4n) is 4.11. The third kappa shape index (κ3) is 1.65. The molecule has 90 valence electrons. The summed E-state index contributed by atoms with van der Waals surface area (Å²) in [7, 11) is 0. The van der Waals surface area contributed by atoms with Crippen LogP contribution in [-0.2, 0) is 4.79 Å². The summed E-state index contributed by atoms with van der Waals surface area (Å²) < 4.78 is 0. The van der Waals surface area contributed by atoms with Crippen LogP contribution < -0.4 is 0 Å². The van der Waals surface area contributed by atoms with Gasteiger partial charge in [-0.3, -0.25) is 4.79 Å². The summed E-state index contributed by atoms with van der Waals surface area (Å²) in [5.41, 5.74) is 1.63. The van der Waals surface area contributed by atoms with Gasteiger partial charge in [0.25, 0.3) is 0 Å². The molecule has 0 amide bonds. The minimum atomic E-state index is -0.121. The average Bonchev–Trinajstić information content (AvgIpc) is 2.15. The second-order valence-corrected chi connectivity index (χ2v) is 6.52. The molecular formula is C15H24O. The van der Waals surface area contributed by atoms with Crippen LogP contribution >= 0.6 is 0 Å². The number of hydrogen-bond acceptors (Lipinski definition) is 1. The van der Waals surface area contributed by atoms with Crippen molar-refractivity contribution in [2.24, 2.45) is 16.7 Å². The van der Waals surface area contributed by atoms with E-state index in [0.717, 1.165) is 6.42 Å². The number of carbonyl (C=O) groups excluding carboxylic acids is 1. The monoisotopic (exact) mass is 220 g/mol. The Bertz CT molecular complexity index is 337. The van der Waals surface area contributed by atoms with Crippen molar-refractivity contribution >= 4 is 5.78 Å². The van der Waals surface area contributed by atoms with Crippen molar-refractivity contribution in [3.63, 3.8) is 0 Å². The Morgan fingerprint density at radius 1 is 1.38 bits per heavy atom. The number of Topliss-reactive ketones (excluding diaryl/α,β-unsaturated/α-hetero) is 1. The molecule has 0 aromatic carbocycles. The molecule has 0 unspecified atom stereocenters. The summed E-state index contributed by atoms with van der Waals surface area (Å²) >= 11 is 0. The molecule has 16 heavy (non-hydrogen) atoms. The van der Waals surface area contributed by atoms with Gasteiger partial charge in [0.05, 0.1) is 5.41 Å². The molecule has 2 aliphatic carbocycles.